The number of rotatable bonds is 6. The molecule has 1 aromatic heterocycles. The lowest BCUT2D eigenvalue weighted by Gasteiger charge is -2.15. The Morgan fingerprint density at radius 1 is 1.31 bits per heavy atom. The maximum Gasteiger partial charge on any atom is 0.416 e. The van der Waals surface area contributed by atoms with Crippen LogP contribution < -0.4 is 5.32 Å². The molecular weight excluding hydrogens is 353 g/mol. The Balaban J connectivity index is 2.19. The molecule has 7 nitrogen and oxygen atoms in total. The van der Waals surface area contributed by atoms with Crippen LogP contribution in [0.4, 0.5) is 13.2 Å². The van der Waals surface area contributed by atoms with Crippen molar-refractivity contribution >= 4 is 11.9 Å². The Morgan fingerprint density at radius 3 is 2.58 bits per heavy atom. The summed E-state index contributed by atoms with van der Waals surface area (Å²) in [5.74, 6) is -1.91. The van der Waals surface area contributed by atoms with E-state index in [1.165, 1.54) is 12.1 Å². The SMILES string of the molecule is CC(C)CC(NC(=O)c1cn(-c2cccc(C(F)(F)F)c2)nn1)C(=O)O. The monoisotopic (exact) mass is 370 g/mol. The van der Waals surface area contributed by atoms with Crippen molar-refractivity contribution in [2.75, 3.05) is 0 Å². The highest BCUT2D eigenvalue weighted by atomic mass is 19.4. The Labute approximate surface area is 146 Å². The predicted octanol–water partition coefficient (Wildman–Crippen LogP) is 2.52. The van der Waals surface area contributed by atoms with E-state index >= 15 is 0 Å². The molecule has 26 heavy (non-hydrogen) atoms. The van der Waals surface area contributed by atoms with Crippen LogP contribution in [0.25, 0.3) is 5.69 Å². The van der Waals surface area contributed by atoms with Crippen LogP contribution in [-0.4, -0.2) is 38.0 Å². The minimum absolute atomic E-state index is 0.0391. The van der Waals surface area contributed by atoms with Crippen molar-refractivity contribution in [3.05, 3.63) is 41.7 Å². The molecule has 1 amide bonds. The Morgan fingerprint density at radius 2 is 2.00 bits per heavy atom. The molecule has 2 N–H and O–H groups in total. The van der Waals surface area contributed by atoms with E-state index in [-0.39, 0.29) is 23.7 Å². The molecule has 0 fully saturated rings. The van der Waals surface area contributed by atoms with E-state index < -0.39 is 29.7 Å². The standard InChI is InChI=1S/C16H17F3N4O3/c1-9(2)6-12(15(25)26)20-14(24)13-8-23(22-21-13)11-5-3-4-10(7-11)16(17,18)19/h3-5,7-9,12H,6H2,1-2H3,(H,20,24)(H,25,26). The molecule has 0 spiro atoms. The van der Waals surface area contributed by atoms with E-state index in [1.807, 2.05) is 13.8 Å². The largest absolute Gasteiger partial charge is 0.480 e. The van der Waals surface area contributed by atoms with Gasteiger partial charge in [0.15, 0.2) is 5.69 Å². The van der Waals surface area contributed by atoms with Gasteiger partial charge in [-0.25, -0.2) is 9.48 Å². The van der Waals surface area contributed by atoms with Gasteiger partial charge in [0, 0.05) is 0 Å². The van der Waals surface area contributed by atoms with Gasteiger partial charge >= 0.3 is 12.1 Å². The number of halogens is 3. The molecule has 0 aliphatic rings. The topological polar surface area (TPSA) is 97.1 Å². The predicted molar refractivity (Wildman–Crippen MR) is 84.7 cm³/mol. The van der Waals surface area contributed by atoms with Gasteiger partial charge in [-0.1, -0.05) is 25.1 Å². The average molecular weight is 370 g/mol. The van der Waals surface area contributed by atoms with Crippen LogP contribution in [0.2, 0.25) is 0 Å². The molecule has 1 unspecified atom stereocenters. The summed E-state index contributed by atoms with van der Waals surface area (Å²) >= 11 is 0. The minimum atomic E-state index is -4.51. The smallest absolute Gasteiger partial charge is 0.416 e. The van der Waals surface area contributed by atoms with Crippen LogP contribution in [0.3, 0.4) is 0 Å². The molecule has 2 aromatic rings. The van der Waals surface area contributed by atoms with Gasteiger partial charge in [0.2, 0.25) is 0 Å². The van der Waals surface area contributed by atoms with Crippen molar-refractivity contribution in [3.63, 3.8) is 0 Å². The molecule has 2 rings (SSSR count). The fourth-order valence-electron chi connectivity index (χ4n) is 2.24. The lowest BCUT2D eigenvalue weighted by atomic mass is 10.0. The first-order valence-electron chi connectivity index (χ1n) is 7.71. The summed E-state index contributed by atoms with van der Waals surface area (Å²) in [5, 5.41) is 18.7. The van der Waals surface area contributed by atoms with Crippen molar-refractivity contribution < 1.29 is 27.9 Å². The first-order chi connectivity index (χ1) is 12.1. The quantitative estimate of drug-likeness (QED) is 0.814. The fourth-order valence-corrected chi connectivity index (χ4v) is 2.24. The second-order valence-electron chi connectivity index (χ2n) is 6.09. The van der Waals surface area contributed by atoms with E-state index in [2.05, 4.69) is 15.6 Å². The second kappa shape index (κ2) is 7.54. The van der Waals surface area contributed by atoms with Gasteiger partial charge in [-0.3, -0.25) is 4.79 Å². The van der Waals surface area contributed by atoms with Gasteiger partial charge < -0.3 is 10.4 Å². The third-order valence-electron chi connectivity index (χ3n) is 3.47. The molecule has 10 heteroatoms. The van der Waals surface area contributed by atoms with E-state index in [0.29, 0.717) is 0 Å². The highest BCUT2D eigenvalue weighted by Crippen LogP contribution is 2.30. The maximum atomic E-state index is 12.8. The summed E-state index contributed by atoms with van der Waals surface area (Å²) in [6.07, 6.45) is -3.15. The summed E-state index contributed by atoms with van der Waals surface area (Å²) in [6.45, 7) is 3.62. The Bertz CT molecular complexity index is 802. The van der Waals surface area contributed by atoms with Crippen molar-refractivity contribution in [1.29, 1.82) is 0 Å². The average Bonchev–Trinajstić information content (AvgIpc) is 3.03. The van der Waals surface area contributed by atoms with Crippen molar-refractivity contribution in [3.8, 4) is 5.69 Å². The minimum Gasteiger partial charge on any atom is -0.480 e. The number of carbonyl (C=O) groups is 2. The number of aliphatic carboxylic acids is 1. The molecule has 1 aromatic carbocycles. The molecular formula is C16H17F3N4O3. The molecule has 140 valence electrons. The highest BCUT2D eigenvalue weighted by Gasteiger charge is 2.30. The molecule has 1 atom stereocenters. The van der Waals surface area contributed by atoms with Gasteiger partial charge in [-0.15, -0.1) is 5.10 Å². The Kier molecular flexibility index (Phi) is 5.63. The van der Waals surface area contributed by atoms with Crippen LogP contribution in [0.15, 0.2) is 30.5 Å². The van der Waals surface area contributed by atoms with Gasteiger partial charge in [0.1, 0.15) is 6.04 Å². The highest BCUT2D eigenvalue weighted by molar-refractivity contribution is 5.94. The molecule has 0 saturated carbocycles. The Hall–Kier alpha value is -2.91. The first-order valence-corrected chi connectivity index (χ1v) is 7.71. The summed E-state index contributed by atoms with van der Waals surface area (Å²) < 4.78 is 39.3. The lowest BCUT2D eigenvalue weighted by molar-refractivity contribution is -0.140. The number of alkyl halides is 3. The summed E-state index contributed by atoms with van der Waals surface area (Å²) in [6, 6.07) is 3.28. The van der Waals surface area contributed by atoms with Crippen LogP contribution >= 0.6 is 0 Å². The summed E-state index contributed by atoms with van der Waals surface area (Å²) in [5.41, 5.74) is -0.986. The number of nitrogens with zero attached hydrogens (tertiary/aromatic N) is 3. The van der Waals surface area contributed by atoms with Crippen molar-refractivity contribution in [2.45, 2.75) is 32.5 Å². The number of aromatic nitrogens is 3. The zero-order valence-electron chi connectivity index (χ0n) is 14.0. The number of hydrogen-bond donors (Lipinski definition) is 2. The number of nitrogens with one attached hydrogen (secondary N) is 1. The third-order valence-corrected chi connectivity index (χ3v) is 3.47. The normalized spacial score (nSPS) is 12.8. The van der Waals surface area contributed by atoms with Crippen LogP contribution in [-0.2, 0) is 11.0 Å². The summed E-state index contributed by atoms with van der Waals surface area (Å²) in [4.78, 5) is 23.3. The number of amides is 1. The fraction of sp³-hybridized carbons (Fsp3) is 0.375. The first kappa shape index (κ1) is 19.4. The molecule has 0 radical (unpaired) electrons. The van der Waals surface area contributed by atoms with E-state index in [1.54, 1.807) is 0 Å². The second-order valence-corrected chi connectivity index (χ2v) is 6.09. The molecule has 0 bridgehead atoms. The number of carboxylic acids is 1. The molecule has 0 aliphatic carbocycles. The number of carboxylic acid groups (broad SMARTS) is 1. The van der Waals surface area contributed by atoms with E-state index in [0.717, 1.165) is 23.0 Å². The zero-order chi connectivity index (χ0) is 19.5. The maximum absolute atomic E-state index is 12.8. The van der Waals surface area contributed by atoms with Crippen LogP contribution in [0.1, 0.15) is 36.3 Å². The lowest BCUT2D eigenvalue weighted by Crippen LogP contribution is -2.41. The van der Waals surface area contributed by atoms with Crippen molar-refractivity contribution in [2.24, 2.45) is 5.92 Å². The van der Waals surface area contributed by atoms with Crippen molar-refractivity contribution in [1.82, 2.24) is 20.3 Å². The molecule has 1 heterocycles. The van der Waals surface area contributed by atoms with Gasteiger partial charge in [-0.05, 0) is 30.5 Å². The number of carbonyl (C=O) groups excluding carboxylic acids is 1. The number of hydrogen-bond acceptors (Lipinski definition) is 4. The van der Waals surface area contributed by atoms with E-state index in [9.17, 15) is 22.8 Å². The molecule has 0 aliphatic heterocycles. The van der Waals surface area contributed by atoms with Gasteiger partial charge in [-0.2, -0.15) is 13.2 Å². The van der Waals surface area contributed by atoms with Gasteiger partial charge in [0.05, 0.1) is 17.4 Å². The van der Waals surface area contributed by atoms with E-state index in [4.69, 9.17) is 5.11 Å². The zero-order valence-corrected chi connectivity index (χ0v) is 14.0. The summed E-state index contributed by atoms with van der Waals surface area (Å²) in [7, 11) is 0. The molecule has 0 saturated heterocycles. The van der Waals surface area contributed by atoms with Crippen LogP contribution in [0.5, 0.6) is 0 Å². The third kappa shape index (κ3) is 4.80. The van der Waals surface area contributed by atoms with Crippen LogP contribution in [0, 0.1) is 5.92 Å². The van der Waals surface area contributed by atoms with Gasteiger partial charge in [0.25, 0.3) is 5.91 Å². The number of benzene rings is 1.